The molecule has 0 aromatic carbocycles. The Kier molecular flexibility index (Phi) is 5.51. The van der Waals surface area contributed by atoms with Gasteiger partial charge in [0.25, 0.3) is 0 Å². The average molecular weight is 317 g/mol. The molecule has 0 N–H and O–H groups in total. The quantitative estimate of drug-likeness (QED) is 0.742. The van der Waals surface area contributed by atoms with Crippen molar-refractivity contribution >= 4 is 6.08 Å². The van der Waals surface area contributed by atoms with Crippen LogP contribution in [0.1, 0.15) is 66.5 Å². The zero-order chi connectivity index (χ0) is 17.1. The van der Waals surface area contributed by atoms with E-state index in [1.165, 1.54) is 0 Å². The Balaban J connectivity index is 1.76. The summed E-state index contributed by atoms with van der Waals surface area (Å²) in [6.07, 6.45) is 9.63. The lowest BCUT2D eigenvalue weighted by Gasteiger charge is -2.39. The van der Waals surface area contributed by atoms with E-state index < -0.39 is 0 Å². The maximum absolute atomic E-state index is 5.94. The highest BCUT2D eigenvalue weighted by Gasteiger charge is 2.34. The molecule has 23 heavy (non-hydrogen) atoms. The van der Waals surface area contributed by atoms with Crippen LogP contribution >= 0.6 is 0 Å². The highest BCUT2D eigenvalue weighted by atomic mass is 16.5. The van der Waals surface area contributed by atoms with Crippen LogP contribution < -0.4 is 4.74 Å². The Bertz CT molecular complexity index is 514. The summed E-state index contributed by atoms with van der Waals surface area (Å²) in [5.74, 6) is 0.845. The maximum Gasteiger partial charge on any atom is 0.138 e. The molecule has 3 nitrogen and oxygen atoms in total. The third kappa shape index (κ3) is 6.74. The van der Waals surface area contributed by atoms with Crippen LogP contribution in [0, 0.1) is 5.41 Å². The fourth-order valence-corrected chi connectivity index (χ4v) is 2.50. The van der Waals surface area contributed by atoms with Gasteiger partial charge in [0.2, 0.25) is 0 Å². The molecule has 0 unspecified atom stereocenters. The smallest absolute Gasteiger partial charge is 0.138 e. The number of pyridine rings is 1. The van der Waals surface area contributed by atoms with Crippen LogP contribution in [-0.4, -0.2) is 22.8 Å². The van der Waals surface area contributed by atoms with E-state index in [2.05, 4.69) is 58.7 Å². The minimum Gasteiger partial charge on any atom is -0.489 e. The van der Waals surface area contributed by atoms with Gasteiger partial charge in [0, 0.05) is 12.8 Å². The topological polar surface area (TPSA) is 31.4 Å². The van der Waals surface area contributed by atoms with Gasteiger partial charge in [-0.1, -0.05) is 26.8 Å². The number of ether oxygens (including phenoxy) is 2. The average Bonchev–Trinajstić information content (AvgIpc) is 2.35. The largest absolute Gasteiger partial charge is 0.489 e. The van der Waals surface area contributed by atoms with Crippen LogP contribution in [0.4, 0.5) is 0 Å². The normalized spacial score (nSPS) is 22.2. The lowest BCUT2D eigenvalue weighted by atomic mass is 9.91. The van der Waals surface area contributed by atoms with E-state index >= 15 is 0 Å². The molecule has 0 amide bonds. The standard InChI is InChI=1S/C20H31NO2/c1-19(2,3)11-7-8-15-9-10-16(14-21-15)22-17-12-18(13-17)23-20(4,5)6/h7-10,14,17-18H,11-13H2,1-6H3/b8-7+/t17-,18-. The van der Waals surface area contributed by atoms with E-state index in [0.717, 1.165) is 30.7 Å². The molecule has 0 atom stereocenters. The molecule has 0 spiro atoms. The summed E-state index contributed by atoms with van der Waals surface area (Å²) in [6.45, 7) is 13.0. The van der Waals surface area contributed by atoms with E-state index in [9.17, 15) is 0 Å². The highest BCUT2D eigenvalue weighted by molar-refractivity contribution is 5.45. The van der Waals surface area contributed by atoms with Gasteiger partial charge >= 0.3 is 0 Å². The molecule has 1 heterocycles. The molecule has 0 bridgehead atoms. The highest BCUT2D eigenvalue weighted by Crippen LogP contribution is 2.31. The first kappa shape index (κ1) is 18.0. The minimum atomic E-state index is -0.0712. The van der Waals surface area contributed by atoms with E-state index in [1.807, 2.05) is 18.3 Å². The van der Waals surface area contributed by atoms with E-state index in [4.69, 9.17) is 9.47 Å². The van der Waals surface area contributed by atoms with Crippen molar-refractivity contribution in [3.8, 4) is 5.75 Å². The van der Waals surface area contributed by atoms with Gasteiger partial charge in [-0.25, -0.2) is 0 Å². The summed E-state index contributed by atoms with van der Waals surface area (Å²) < 4.78 is 11.9. The molecular weight excluding hydrogens is 286 g/mol. The van der Waals surface area contributed by atoms with Gasteiger partial charge in [0.1, 0.15) is 11.9 Å². The summed E-state index contributed by atoms with van der Waals surface area (Å²) in [7, 11) is 0. The molecule has 0 radical (unpaired) electrons. The van der Waals surface area contributed by atoms with Gasteiger partial charge < -0.3 is 9.47 Å². The van der Waals surface area contributed by atoms with Crippen LogP contribution in [0.2, 0.25) is 0 Å². The number of aromatic nitrogens is 1. The molecule has 128 valence electrons. The molecule has 0 saturated heterocycles. The van der Waals surface area contributed by atoms with Gasteiger partial charge in [0.05, 0.1) is 23.6 Å². The Morgan fingerprint density at radius 1 is 1.09 bits per heavy atom. The molecular formula is C20H31NO2. The van der Waals surface area contributed by atoms with Crippen LogP contribution in [0.3, 0.4) is 0 Å². The second kappa shape index (κ2) is 7.04. The minimum absolute atomic E-state index is 0.0712. The second-order valence-corrected chi connectivity index (χ2v) is 8.65. The Hall–Kier alpha value is -1.35. The zero-order valence-electron chi connectivity index (χ0n) is 15.4. The van der Waals surface area contributed by atoms with Crippen molar-refractivity contribution in [1.29, 1.82) is 0 Å². The molecule has 3 heteroatoms. The van der Waals surface area contributed by atoms with Crippen molar-refractivity contribution < 1.29 is 9.47 Å². The fourth-order valence-electron chi connectivity index (χ4n) is 2.50. The van der Waals surface area contributed by atoms with Crippen molar-refractivity contribution in [2.24, 2.45) is 5.41 Å². The van der Waals surface area contributed by atoms with Crippen molar-refractivity contribution in [2.75, 3.05) is 0 Å². The van der Waals surface area contributed by atoms with Gasteiger partial charge in [-0.3, -0.25) is 4.98 Å². The van der Waals surface area contributed by atoms with Gasteiger partial charge in [-0.15, -0.1) is 0 Å². The van der Waals surface area contributed by atoms with Gasteiger partial charge in [-0.2, -0.15) is 0 Å². The SMILES string of the molecule is CC(C)(C)C/C=C/c1ccc(O[C@H]2C[C@H](OC(C)(C)C)C2)cn1. The molecule has 2 rings (SSSR count). The zero-order valence-corrected chi connectivity index (χ0v) is 15.4. The molecule has 0 aliphatic heterocycles. The Morgan fingerprint density at radius 3 is 2.30 bits per heavy atom. The number of nitrogens with zero attached hydrogens (tertiary/aromatic N) is 1. The summed E-state index contributed by atoms with van der Waals surface area (Å²) in [5.41, 5.74) is 1.22. The first-order chi connectivity index (χ1) is 10.6. The fraction of sp³-hybridized carbons (Fsp3) is 0.650. The Labute approximate surface area is 141 Å². The number of allylic oxidation sites excluding steroid dienone is 1. The van der Waals surface area contributed by atoms with Crippen LogP contribution in [0.25, 0.3) is 6.08 Å². The summed E-state index contributed by atoms with van der Waals surface area (Å²) in [5, 5.41) is 0. The lowest BCUT2D eigenvalue weighted by Crippen LogP contribution is -2.43. The van der Waals surface area contributed by atoms with Crippen LogP contribution in [-0.2, 0) is 4.74 Å². The lowest BCUT2D eigenvalue weighted by molar-refractivity contribution is -0.126. The molecule has 1 aromatic heterocycles. The summed E-state index contributed by atoms with van der Waals surface area (Å²) in [6, 6.07) is 4.01. The van der Waals surface area contributed by atoms with E-state index in [0.29, 0.717) is 11.5 Å². The van der Waals surface area contributed by atoms with Crippen molar-refractivity contribution in [3.05, 3.63) is 30.1 Å². The van der Waals surface area contributed by atoms with Crippen LogP contribution in [0.15, 0.2) is 24.4 Å². The van der Waals surface area contributed by atoms with E-state index in [-0.39, 0.29) is 11.7 Å². The third-order valence-corrected chi connectivity index (χ3v) is 3.65. The molecule has 1 fully saturated rings. The first-order valence-electron chi connectivity index (χ1n) is 8.58. The Morgan fingerprint density at radius 2 is 1.78 bits per heavy atom. The molecule has 1 saturated carbocycles. The van der Waals surface area contributed by atoms with Crippen molar-refractivity contribution in [2.45, 2.75) is 78.6 Å². The molecule has 1 aromatic rings. The first-order valence-corrected chi connectivity index (χ1v) is 8.58. The third-order valence-electron chi connectivity index (χ3n) is 3.65. The number of hydrogen-bond donors (Lipinski definition) is 0. The predicted octanol–water partition coefficient (Wildman–Crippen LogP) is 5.26. The maximum atomic E-state index is 5.94. The van der Waals surface area contributed by atoms with Gasteiger partial charge in [-0.05, 0) is 50.8 Å². The second-order valence-electron chi connectivity index (χ2n) is 8.65. The van der Waals surface area contributed by atoms with E-state index in [1.54, 1.807) is 0 Å². The predicted molar refractivity (Wildman–Crippen MR) is 95.6 cm³/mol. The van der Waals surface area contributed by atoms with Crippen LogP contribution in [0.5, 0.6) is 5.75 Å². The summed E-state index contributed by atoms with van der Waals surface area (Å²) >= 11 is 0. The summed E-state index contributed by atoms with van der Waals surface area (Å²) in [4.78, 5) is 4.45. The number of hydrogen-bond acceptors (Lipinski definition) is 3. The molecule has 1 aliphatic rings. The monoisotopic (exact) mass is 317 g/mol. The molecule has 1 aliphatic carbocycles. The van der Waals surface area contributed by atoms with Crippen molar-refractivity contribution in [1.82, 2.24) is 4.98 Å². The van der Waals surface area contributed by atoms with Crippen molar-refractivity contribution in [3.63, 3.8) is 0 Å². The van der Waals surface area contributed by atoms with Gasteiger partial charge in [0.15, 0.2) is 0 Å². The number of rotatable bonds is 5.